The maximum atomic E-state index is 11.2. The van der Waals surface area contributed by atoms with Gasteiger partial charge >= 0.3 is 5.97 Å². The summed E-state index contributed by atoms with van der Waals surface area (Å²) in [5.41, 5.74) is 0. The third-order valence-electron chi connectivity index (χ3n) is 1.65. The number of hydrogen-bond acceptors (Lipinski definition) is 5. The molecule has 1 N–H and O–H groups in total. The summed E-state index contributed by atoms with van der Waals surface area (Å²) in [6, 6.07) is 0. The molecule has 0 aromatic heterocycles. The minimum atomic E-state index is -0.577. The summed E-state index contributed by atoms with van der Waals surface area (Å²) < 4.78 is 9.75. The SMILES string of the molecule is COCC(O)CN(C)CC(=O)OC(C)C. The molecule has 0 saturated heterocycles. The Bertz CT molecular complexity index is 184. The Morgan fingerprint density at radius 1 is 1.47 bits per heavy atom. The van der Waals surface area contributed by atoms with Crippen LogP contribution in [0, 0.1) is 0 Å². The number of nitrogens with zero attached hydrogens (tertiary/aromatic N) is 1. The lowest BCUT2D eigenvalue weighted by Crippen LogP contribution is -2.36. The number of rotatable bonds is 7. The number of hydrogen-bond donors (Lipinski definition) is 1. The summed E-state index contributed by atoms with van der Waals surface area (Å²) in [5, 5.41) is 9.40. The highest BCUT2D eigenvalue weighted by Gasteiger charge is 2.12. The van der Waals surface area contributed by atoms with Crippen LogP contribution in [0.2, 0.25) is 0 Å². The number of likely N-dealkylation sites (N-methyl/N-ethyl adjacent to an activating group) is 1. The Morgan fingerprint density at radius 2 is 2.07 bits per heavy atom. The molecule has 0 saturated carbocycles. The molecule has 0 aliphatic rings. The van der Waals surface area contributed by atoms with E-state index in [4.69, 9.17) is 9.47 Å². The van der Waals surface area contributed by atoms with E-state index in [2.05, 4.69) is 0 Å². The van der Waals surface area contributed by atoms with E-state index >= 15 is 0 Å². The van der Waals surface area contributed by atoms with Gasteiger partial charge in [0.2, 0.25) is 0 Å². The summed E-state index contributed by atoms with van der Waals surface area (Å²) in [4.78, 5) is 12.9. The van der Waals surface area contributed by atoms with E-state index < -0.39 is 6.10 Å². The molecule has 5 heteroatoms. The first kappa shape index (κ1) is 14.3. The van der Waals surface area contributed by atoms with Crippen molar-refractivity contribution in [3.05, 3.63) is 0 Å². The standard InChI is InChI=1S/C10H21NO4/c1-8(2)15-10(13)6-11(3)5-9(12)7-14-4/h8-9,12H,5-7H2,1-4H3. The van der Waals surface area contributed by atoms with Crippen molar-refractivity contribution in [2.45, 2.75) is 26.1 Å². The van der Waals surface area contributed by atoms with Gasteiger partial charge in [-0.25, -0.2) is 0 Å². The maximum absolute atomic E-state index is 11.2. The highest BCUT2D eigenvalue weighted by Crippen LogP contribution is 1.94. The van der Waals surface area contributed by atoms with Gasteiger partial charge in [0.25, 0.3) is 0 Å². The zero-order valence-electron chi connectivity index (χ0n) is 9.90. The molecule has 0 bridgehead atoms. The van der Waals surface area contributed by atoms with Gasteiger partial charge in [0.1, 0.15) is 0 Å². The zero-order chi connectivity index (χ0) is 11.8. The van der Waals surface area contributed by atoms with Gasteiger partial charge in [0, 0.05) is 13.7 Å². The fraction of sp³-hybridized carbons (Fsp3) is 0.900. The fourth-order valence-corrected chi connectivity index (χ4v) is 1.19. The van der Waals surface area contributed by atoms with E-state index in [-0.39, 0.29) is 25.2 Å². The van der Waals surface area contributed by atoms with Crippen molar-refractivity contribution >= 4 is 5.97 Å². The van der Waals surface area contributed by atoms with Gasteiger partial charge in [0.15, 0.2) is 0 Å². The van der Waals surface area contributed by atoms with Crippen molar-refractivity contribution in [1.29, 1.82) is 0 Å². The molecule has 0 rings (SSSR count). The Balaban J connectivity index is 3.72. The van der Waals surface area contributed by atoms with Crippen molar-refractivity contribution in [2.24, 2.45) is 0 Å². The fourth-order valence-electron chi connectivity index (χ4n) is 1.19. The molecule has 0 heterocycles. The third kappa shape index (κ3) is 8.35. The van der Waals surface area contributed by atoms with Crippen LogP contribution in [-0.4, -0.2) is 62.0 Å². The average Bonchev–Trinajstić information content (AvgIpc) is 2.00. The van der Waals surface area contributed by atoms with Gasteiger partial charge in [0.05, 0.1) is 25.4 Å². The van der Waals surface area contributed by atoms with Gasteiger partial charge in [-0.15, -0.1) is 0 Å². The molecule has 1 unspecified atom stereocenters. The van der Waals surface area contributed by atoms with Gasteiger partial charge in [-0.05, 0) is 20.9 Å². The summed E-state index contributed by atoms with van der Waals surface area (Å²) in [7, 11) is 3.27. The lowest BCUT2D eigenvalue weighted by atomic mass is 10.3. The second-order valence-electron chi connectivity index (χ2n) is 3.84. The minimum Gasteiger partial charge on any atom is -0.462 e. The van der Waals surface area contributed by atoms with Gasteiger partial charge in [-0.3, -0.25) is 9.69 Å². The summed E-state index contributed by atoms with van der Waals surface area (Å²) in [6.45, 7) is 4.44. The van der Waals surface area contributed by atoms with Crippen LogP contribution in [0.4, 0.5) is 0 Å². The van der Waals surface area contributed by atoms with Crippen molar-refractivity contribution in [3.63, 3.8) is 0 Å². The molecule has 0 spiro atoms. The second kappa shape index (κ2) is 7.62. The summed E-state index contributed by atoms with van der Waals surface area (Å²) >= 11 is 0. The molecule has 0 aliphatic heterocycles. The first-order chi connectivity index (χ1) is 6.95. The Labute approximate surface area is 91.0 Å². The lowest BCUT2D eigenvalue weighted by molar-refractivity contribution is -0.148. The summed E-state index contributed by atoms with van der Waals surface area (Å²) in [6.07, 6.45) is -0.679. The van der Waals surface area contributed by atoms with Crippen LogP contribution in [0.25, 0.3) is 0 Å². The first-order valence-electron chi connectivity index (χ1n) is 5.00. The number of esters is 1. The highest BCUT2D eigenvalue weighted by molar-refractivity contribution is 5.71. The monoisotopic (exact) mass is 219 g/mol. The van der Waals surface area contributed by atoms with E-state index in [1.807, 2.05) is 0 Å². The van der Waals surface area contributed by atoms with Crippen LogP contribution in [0.1, 0.15) is 13.8 Å². The minimum absolute atomic E-state index is 0.102. The molecule has 5 nitrogen and oxygen atoms in total. The van der Waals surface area contributed by atoms with Gasteiger partial charge in [-0.2, -0.15) is 0 Å². The van der Waals surface area contributed by atoms with Gasteiger partial charge < -0.3 is 14.6 Å². The van der Waals surface area contributed by atoms with E-state index in [1.54, 1.807) is 25.8 Å². The second-order valence-corrected chi connectivity index (χ2v) is 3.84. The molecule has 0 amide bonds. The lowest BCUT2D eigenvalue weighted by Gasteiger charge is -2.19. The Kier molecular flexibility index (Phi) is 7.29. The topological polar surface area (TPSA) is 59.0 Å². The maximum Gasteiger partial charge on any atom is 0.320 e. The van der Waals surface area contributed by atoms with Crippen molar-refractivity contribution in [2.75, 3.05) is 33.9 Å². The van der Waals surface area contributed by atoms with E-state index in [1.165, 1.54) is 7.11 Å². The molecule has 15 heavy (non-hydrogen) atoms. The molecular weight excluding hydrogens is 198 g/mol. The van der Waals surface area contributed by atoms with Crippen LogP contribution in [0.5, 0.6) is 0 Å². The first-order valence-corrected chi connectivity index (χ1v) is 5.00. The van der Waals surface area contributed by atoms with Crippen LogP contribution < -0.4 is 0 Å². The van der Waals surface area contributed by atoms with Crippen LogP contribution >= 0.6 is 0 Å². The van der Waals surface area contributed by atoms with Crippen molar-refractivity contribution in [1.82, 2.24) is 4.90 Å². The third-order valence-corrected chi connectivity index (χ3v) is 1.65. The number of carbonyl (C=O) groups is 1. The molecule has 0 aromatic rings. The zero-order valence-corrected chi connectivity index (χ0v) is 9.90. The van der Waals surface area contributed by atoms with E-state index in [9.17, 15) is 9.90 Å². The molecule has 0 radical (unpaired) electrons. The summed E-state index contributed by atoms with van der Waals surface area (Å²) in [5.74, 6) is -0.280. The normalized spacial score (nSPS) is 13.3. The van der Waals surface area contributed by atoms with E-state index in [0.717, 1.165) is 0 Å². The number of methoxy groups -OCH3 is 1. The Morgan fingerprint density at radius 3 is 2.53 bits per heavy atom. The van der Waals surface area contributed by atoms with E-state index in [0.29, 0.717) is 6.54 Å². The van der Waals surface area contributed by atoms with Crippen molar-refractivity contribution in [3.8, 4) is 0 Å². The van der Waals surface area contributed by atoms with Crippen LogP contribution in [0.15, 0.2) is 0 Å². The van der Waals surface area contributed by atoms with Crippen LogP contribution in [-0.2, 0) is 14.3 Å². The molecule has 90 valence electrons. The smallest absolute Gasteiger partial charge is 0.320 e. The molecular formula is C10H21NO4. The molecule has 0 fully saturated rings. The molecule has 0 aliphatic carbocycles. The number of aliphatic hydroxyl groups is 1. The number of ether oxygens (including phenoxy) is 2. The largest absolute Gasteiger partial charge is 0.462 e. The van der Waals surface area contributed by atoms with Crippen LogP contribution in [0.3, 0.4) is 0 Å². The predicted molar refractivity (Wildman–Crippen MR) is 56.6 cm³/mol. The average molecular weight is 219 g/mol. The molecule has 1 atom stereocenters. The van der Waals surface area contributed by atoms with Gasteiger partial charge in [-0.1, -0.05) is 0 Å². The number of aliphatic hydroxyl groups excluding tert-OH is 1. The predicted octanol–water partition coefficient (Wildman–Crippen LogP) is -0.123. The van der Waals surface area contributed by atoms with Crippen molar-refractivity contribution < 1.29 is 19.4 Å². The highest BCUT2D eigenvalue weighted by atomic mass is 16.5. The number of carbonyl (C=O) groups excluding carboxylic acids is 1. The Hall–Kier alpha value is -0.650. The quantitative estimate of drug-likeness (QED) is 0.605. The molecule has 0 aromatic carbocycles.